The lowest BCUT2D eigenvalue weighted by atomic mass is 10.7. The third-order valence-electron chi connectivity index (χ3n) is 1.08. The van der Waals surface area contributed by atoms with Crippen molar-refractivity contribution in [2.24, 2.45) is 0 Å². The van der Waals surface area contributed by atoms with Gasteiger partial charge in [-0.1, -0.05) is 15.9 Å². The van der Waals surface area contributed by atoms with E-state index >= 15 is 0 Å². The zero-order chi connectivity index (χ0) is 10.1. The van der Waals surface area contributed by atoms with E-state index in [-0.39, 0.29) is 13.2 Å². The van der Waals surface area contributed by atoms with Gasteiger partial charge in [0.15, 0.2) is 0 Å². The molecule has 0 spiro atoms. The quantitative estimate of drug-likeness (QED) is 0.538. The summed E-state index contributed by atoms with van der Waals surface area (Å²) < 4.78 is 16.4. The summed E-state index contributed by atoms with van der Waals surface area (Å²) in [6.45, 7) is 1.54. The summed E-state index contributed by atoms with van der Waals surface area (Å²) in [4.78, 5) is 15.9. The number of hydrogen-bond acceptors (Lipinski definition) is 3. The van der Waals surface area contributed by atoms with Gasteiger partial charge in [-0.25, -0.2) is 9.18 Å². The number of rotatable bonds is 6. The number of carbonyl (C=O) groups is 1. The van der Waals surface area contributed by atoms with E-state index < -0.39 is 12.8 Å². The van der Waals surface area contributed by atoms with Crippen LogP contribution in [0.15, 0.2) is 0 Å². The number of ether oxygens (including phenoxy) is 1. The van der Waals surface area contributed by atoms with Crippen molar-refractivity contribution in [3.05, 3.63) is 0 Å². The molecule has 0 atom stereocenters. The minimum atomic E-state index is -0.627. The Morgan fingerprint density at radius 1 is 1.62 bits per heavy atom. The van der Waals surface area contributed by atoms with Crippen LogP contribution < -0.4 is 0 Å². The Hall–Kier alpha value is -0.360. The smallest absolute Gasteiger partial charge is 0.433 e. The van der Waals surface area contributed by atoms with Crippen LogP contribution in [0.5, 0.6) is 0 Å². The lowest BCUT2D eigenvalue weighted by Gasteiger charge is -2.18. The molecule has 0 aliphatic carbocycles. The van der Waals surface area contributed by atoms with Crippen molar-refractivity contribution >= 4 is 22.0 Å². The van der Waals surface area contributed by atoms with Gasteiger partial charge in [0.25, 0.3) is 0 Å². The highest BCUT2D eigenvalue weighted by Crippen LogP contribution is 1.97. The SMILES string of the molecule is CCOC(=O)N(CCBr)OCCF. The van der Waals surface area contributed by atoms with Crippen molar-refractivity contribution in [2.45, 2.75) is 6.92 Å². The first-order valence-electron chi connectivity index (χ1n) is 3.95. The summed E-state index contributed by atoms with van der Waals surface area (Å²) in [6.07, 6.45) is -0.588. The number of halogens is 2. The van der Waals surface area contributed by atoms with Gasteiger partial charge in [0, 0.05) is 5.33 Å². The highest BCUT2D eigenvalue weighted by Gasteiger charge is 2.13. The van der Waals surface area contributed by atoms with Crippen molar-refractivity contribution in [3.63, 3.8) is 0 Å². The lowest BCUT2D eigenvalue weighted by molar-refractivity contribution is -0.134. The van der Waals surface area contributed by atoms with Crippen LogP contribution in [-0.4, -0.2) is 42.9 Å². The number of carbonyl (C=O) groups excluding carboxylic acids is 1. The third kappa shape index (κ3) is 5.81. The van der Waals surface area contributed by atoms with Crippen LogP contribution in [0.1, 0.15) is 6.92 Å². The van der Waals surface area contributed by atoms with Gasteiger partial charge in [0.2, 0.25) is 0 Å². The fourth-order valence-corrected chi connectivity index (χ4v) is 0.948. The number of amides is 1. The van der Waals surface area contributed by atoms with Crippen LogP contribution in [0.25, 0.3) is 0 Å². The minimum absolute atomic E-state index is 0.133. The maximum absolute atomic E-state index is 11.7. The fraction of sp³-hybridized carbons (Fsp3) is 0.857. The maximum Gasteiger partial charge on any atom is 0.433 e. The molecule has 78 valence electrons. The number of hydrogen-bond donors (Lipinski definition) is 0. The van der Waals surface area contributed by atoms with E-state index in [1.54, 1.807) is 6.92 Å². The number of nitrogens with zero attached hydrogens (tertiary/aromatic N) is 1. The first-order valence-corrected chi connectivity index (χ1v) is 5.07. The van der Waals surface area contributed by atoms with Crippen molar-refractivity contribution < 1.29 is 18.8 Å². The molecule has 1 amide bonds. The molecule has 0 radical (unpaired) electrons. The Labute approximate surface area is 85.1 Å². The van der Waals surface area contributed by atoms with Crippen molar-refractivity contribution in [1.29, 1.82) is 0 Å². The van der Waals surface area contributed by atoms with Gasteiger partial charge < -0.3 is 4.74 Å². The third-order valence-corrected chi connectivity index (χ3v) is 1.44. The minimum Gasteiger partial charge on any atom is -0.448 e. The van der Waals surface area contributed by atoms with Crippen LogP contribution in [0.4, 0.5) is 9.18 Å². The summed E-state index contributed by atoms with van der Waals surface area (Å²) in [7, 11) is 0. The van der Waals surface area contributed by atoms with E-state index in [0.29, 0.717) is 11.9 Å². The second-order valence-electron chi connectivity index (χ2n) is 2.01. The van der Waals surface area contributed by atoms with Gasteiger partial charge >= 0.3 is 6.09 Å². The predicted molar refractivity (Wildman–Crippen MR) is 49.4 cm³/mol. The molecule has 0 aliphatic heterocycles. The van der Waals surface area contributed by atoms with Gasteiger partial charge in [0.05, 0.1) is 13.2 Å². The molecular formula is C7H13BrFNO3. The molecule has 0 heterocycles. The molecule has 0 saturated carbocycles. The topological polar surface area (TPSA) is 38.8 Å². The van der Waals surface area contributed by atoms with Crippen LogP contribution in [-0.2, 0) is 9.57 Å². The van der Waals surface area contributed by atoms with Crippen LogP contribution in [0.3, 0.4) is 0 Å². The second kappa shape index (κ2) is 8.25. The standard InChI is InChI=1S/C7H13BrFNO3/c1-2-12-7(11)10(5-3-8)13-6-4-9/h2-6H2,1H3. The summed E-state index contributed by atoms with van der Waals surface area (Å²) in [5, 5.41) is 1.55. The average Bonchev–Trinajstić information content (AvgIpc) is 2.12. The van der Waals surface area contributed by atoms with Crippen molar-refractivity contribution in [2.75, 3.05) is 31.8 Å². The molecule has 0 aromatic heterocycles. The molecule has 13 heavy (non-hydrogen) atoms. The monoisotopic (exact) mass is 257 g/mol. The van der Waals surface area contributed by atoms with E-state index in [1.807, 2.05) is 0 Å². The Bertz CT molecular complexity index is 148. The molecule has 0 bridgehead atoms. The molecule has 0 aromatic rings. The molecule has 0 N–H and O–H groups in total. The average molecular weight is 258 g/mol. The van der Waals surface area contributed by atoms with Crippen molar-refractivity contribution in [1.82, 2.24) is 5.06 Å². The normalized spacial score (nSPS) is 9.77. The van der Waals surface area contributed by atoms with E-state index in [1.165, 1.54) is 0 Å². The fourth-order valence-electron chi connectivity index (χ4n) is 0.625. The molecule has 0 aromatic carbocycles. The molecular weight excluding hydrogens is 245 g/mol. The molecule has 6 heteroatoms. The van der Waals surface area contributed by atoms with Gasteiger partial charge in [-0.2, -0.15) is 5.06 Å². The summed E-state index contributed by atoms with van der Waals surface area (Å²) >= 11 is 3.14. The molecule has 4 nitrogen and oxygen atoms in total. The molecule has 0 unspecified atom stereocenters. The molecule has 0 rings (SSSR count). The van der Waals surface area contributed by atoms with Gasteiger partial charge in [-0.15, -0.1) is 0 Å². The van der Waals surface area contributed by atoms with Gasteiger partial charge in [0.1, 0.15) is 13.3 Å². The predicted octanol–water partition coefficient (Wildman–Crippen LogP) is 1.74. The van der Waals surface area contributed by atoms with E-state index in [9.17, 15) is 9.18 Å². The Morgan fingerprint density at radius 3 is 2.77 bits per heavy atom. The van der Waals surface area contributed by atoms with Crippen LogP contribution in [0.2, 0.25) is 0 Å². The van der Waals surface area contributed by atoms with E-state index in [0.717, 1.165) is 5.06 Å². The largest absolute Gasteiger partial charge is 0.448 e. The Kier molecular flexibility index (Phi) is 8.02. The Morgan fingerprint density at radius 2 is 2.31 bits per heavy atom. The highest BCUT2D eigenvalue weighted by atomic mass is 79.9. The lowest BCUT2D eigenvalue weighted by Crippen LogP contribution is -2.34. The number of hydroxylamine groups is 2. The Balaban J connectivity index is 3.83. The van der Waals surface area contributed by atoms with Crippen LogP contribution >= 0.6 is 15.9 Å². The van der Waals surface area contributed by atoms with E-state index in [2.05, 4.69) is 20.7 Å². The van der Waals surface area contributed by atoms with Crippen LogP contribution in [0, 0.1) is 0 Å². The summed E-state index contributed by atoms with van der Waals surface area (Å²) in [6, 6.07) is 0. The van der Waals surface area contributed by atoms with Crippen molar-refractivity contribution in [3.8, 4) is 0 Å². The molecule has 0 saturated heterocycles. The number of alkyl halides is 2. The van der Waals surface area contributed by atoms with E-state index in [4.69, 9.17) is 4.84 Å². The first-order chi connectivity index (χ1) is 6.26. The van der Waals surface area contributed by atoms with Gasteiger partial charge in [-0.05, 0) is 6.92 Å². The molecule has 0 aliphatic rings. The second-order valence-corrected chi connectivity index (χ2v) is 2.81. The molecule has 0 fully saturated rings. The zero-order valence-corrected chi connectivity index (χ0v) is 9.05. The summed E-state index contributed by atoms with van der Waals surface area (Å²) in [5.41, 5.74) is 0. The first kappa shape index (κ1) is 12.6. The maximum atomic E-state index is 11.7. The van der Waals surface area contributed by atoms with Gasteiger partial charge in [-0.3, -0.25) is 4.84 Å². The zero-order valence-electron chi connectivity index (χ0n) is 7.46. The highest BCUT2D eigenvalue weighted by molar-refractivity contribution is 9.09. The summed E-state index contributed by atoms with van der Waals surface area (Å²) in [5.74, 6) is 0.